The molecule has 1 aromatic carbocycles. The Labute approximate surface area is 99.8 Å². The maximum atomic E-state index is 8.74. The SMILES string of the molecule is Cc1c(Br)cccc1NC(C)CCCO. The highest BCUT2D eigenvalue weighted by Crippen LogP contribution is 2.24. The van der Waals surface area contributed by atoms with Gasteiger partial charge in [-0.2, -0.15) is 0 Å². The van der Waals surface area contributed by atoms with E-state index < -0.39 is 0 Å². The first-order chi connectivity index (χ1) is 7.15. The highest BCUT2D eigenvalue weighted by molar-refractivity contribution is 9.10. The number of hydrogen-bond acceptors (Lipinski definition) is 2. The van der Waals surface area contributed by atoms with Gasteiger partial charge in [0.15, 0.2) is 0 Å². The lowest BCUT2D eigenvalue weighted by atomic mass is 10.1. The minimum atomic E-state index is 0.267. The second-order valence-corrected chi connectivity index (χ2v) is 4.68. The van der Waals surface area contributed by atoms with E-state index in [0.717, 1.165) is 23.0 Å². The van der Waals surface area contributed by atoms with Crippen molar-refractivity contribution < 1.29 is 5.11 Å². The lowest BCUT2D eigenvalue weighted by molar-refractivity contribution is 0.282. The van der Waals surface area contributed by atoms with Crippen LogP contribution in [0, 0.1) is 6.92 Å². The smallest absolute Gasteiger partial charge is 0.0431 e. The Morgan fingerprint density at radius 2 is 2.20 bits per heavy atom. The molecule has 0 spiro atoms. The van der Waals surface area contributed by atoms with Gasteiger partial charge in [0.2, 0.25) is 0 Å². The molecule has 15 heavy (non-hydrogen) atoms. The summed E-state index contributed by atoms with van der Waals surface area (Å²) < 4.78 is 1.13. The van der Waals surface area contributed by atoms with Crippen molar-refractivity contribution in [2.24, 2.45) is 0 Å². The standard InChI is InChI=1S/C12H18BrNO/c1-9(5-4-8-15)14-12-7-3-6-11(13)10(12)2/h3,6-7,9,14-15H,4-5,8H2,1-2H3. The average Bonchev–Trinajstić information content (AvgIpc) is 2.22. The molecule has 0 aromatic heterocycles. The van der Waals surface area contributed by atoms with Crippen LogP contribution in [0.3, 0.4) is 0 Å². The first-order valence-electron chi connectivity index (χ1n) is 5.27. The number of anilines is 1. The van der Waals surface area contributed by atoms with E-state index in [-0.39, 0.29) is 6.61 Å². The van der Waals surface area contributed by atoms with Crippen molar-refractivity contribution >= 4 is 21.6 Å². The van der Waals surface area contributed by atoms with Crippen molar-refractivity contribution in [2.45, 2.75) is 32.7 Å². The van der Waals surface area contributed by atoms with E-state index in [1.165, 1.54) is 5.56 Å². The van der Waals surface area contributed by atoms with Crippen molar-refractivity contribution in [2.75, 3.05) is 11.9 Å². The zero-order chi connectivity index (χ0) is 11.3. The molecular weight excluding hydrogens is 254 g/mol. The number of halogens is 1. The Bertz CT molecular complexity index is 314. The van der Waals surface area contributed by atoms with Gasteiger partial charge in [0.25, 0.3) is 0 Å². The second kappa shape index (κ2) is 6.13. The fourth-order valence-corrected chi connectivity index (χ4v) is 1.87. The molecular formula is C12H18BrNO. The van der Waals surface area contributed by atoms with Gasteiger partial charge in [-0.1, -0.05) is 22.0 Å². The van der Waals surface area contributed by atoms with E-state index in [9.17, 15) is 0 Å². The quantitative estimate of drug-likeness (QED) is 0.861. The average molecular weight is 272 g/mol. The molecule has 1 rings (SSSR count). The summed E-state index contributed by atoms with van der Waals surface area (Å²) in [4.78, 5) is 0. The Morgan fingerprint density at radius 3 is 2.87 bits per heavy atom. The van der Waals surface area contributed by atoms with Gasteiger partial charge >= 0.3 is 0 Å². The molecule has 1 aromatic rings. The van der Waals surface area contributed by atoms with Gasteiger partial charge in [-0.05, 0) is 44.4 Å². The minimum absolute atomic E-state index is 0.267. The molecule has 84 valence electrons. The summed E-state index contributed by atoms with van der Waals surface area (Å²) in [5.74, 6) is 0. The topological polar surface area (TPSA) is 32.3 Å². The first kappa shape index (κ1) is 12.5. The highest BCUT2D eigenvalue weighted by Gasteiger charge is 2.05. The lowest BCUT2D eigenvalue weighted by Crippen LogP contribution is -2.16. The van der Waals surface area contributed by atoms with E-state index >= 15 is 0 Å². The van der Waals surface area contributed by atoms with E-state index in [4.69, 9.17) is 5.11 Å². The zero-order valence-electron chi connectivity index (χ0n) is 9.26. The van der Waals surface area contributed by atoms with Crippen LogP contribution in [0.5, 0.6) is 0 Å². The summed E-state index contributed by atoms with van der Waals surface area (Å²) in [5, 5.41) is 12.2. The zero-order valence-corrected chi connectivity index (χ0v) is 10.8. The first-order valence-corrected chi connectivity index (χ1v) is 6.07. The van der Waals surface area contributed by atoms with Crippen LogP contribution >= 0.6 is 15.9 Å². The largest absolute Gasteiger partial charge is 0.396 e. The molecule has 0 radical (unpaired) electrons. The molecule has 0 aliphatic heterocycles. The molecule has 2 nitrogen and oxygen atoms in total. The van der Waals surface area contributed by atoms with Gasteiger partial charge in [-0.25, -0.2) is 0 Å². The van der Waals surface area contributed by atoms with Crippen molar-refractivity contribution in [3.8, 4) is 0 Å². The summed E-state index contributed by atoms with van der Waals surface area (Å²) in [6, 6.07) is 6.54. The van der Waals surface area contributed by atoms with E-state index in [1.54, 1.807) is 0 Å². The Balaban J connectivity index is 2.60. The van der Waals surface area contributed by atoms with Crippen LogP contribution in [0.4, 0.5) is 5.69 Å². The predicted octanol–water partition coefficient (Wildman–Crippen LogP) is 3.33. The van der Waals surface area contributed by atoms with Crippen LogP contribution in [0.1, 0.15) is 25.3 Å². The summed E-state index contributed by atoms with van der Waals surface area (Å²) in [5.41, 5.74) is 2.39. The van der Waals surface area contributed by atoms with E-state index in [0.29, 0.717) is 6.04 Å². The van der Waals surface area contributed by atoms with Crippen LogP contribution < -0.4 is 5.32 Å². The monoisotopic (exact) mass is 271 g/mol. The molecule has 0 aliphatic carbocycles. The fraction of sp³-hybridized carbons (Fsp3) is 0.500. The molecule has 1 atom stereocenters. The van der Waals surface area contributed by atoms with Crippen LogP contribution in [0.25, 0.3) is 0 Å². The van der Waals surface area contributed by atoms with Gasteiger partial charge in [0, 0.05) is 22.8 Å². The molecule has 2 N–H and O–H groups in total. The summed E-state index contributed by atoms with van der Waals surface area (Å²) in [7, 11) is 0. The number of rotatable bonds is 5. The van der Waals surface area contributed by atoms with Gasteiger partial charge in [-0.15, -0.1) is 0 Å². The van der Waals surface area contributed by atoms with E-state index in [1.807, 2.05) is 12.1 Å². The predicted molar refractivity (Wildman–Crippen MR) is 68.3 cm³/mol. The number of aliphatic hydroxyl groups is 1. The summed E-state index contributed by atoms with van der Waals surface area (Å²) in [6.45, 7) is 4.49. The molecule has 0 saturated heterocycles. The second-order valence-electron chi connectivity index (χ2n) is 3.82. The number of hydrogen-bond donors (Lipinski definition) is 2. The lowest BCUT2D eigenvalue weighted by Gasteiger charge is -2.17. The number of aliphatic hydroxyl groups excluding tert-OH is 1. The third-order valence-corrected chi connectivity index (χ3v) is 3.32. The van der Waals surface area contributed by atoms with Gasteiger partial charge in [0.1, 0.15) is 0 Å². The Morgan fingerprint density at radius 1 is 1.47 bits per heavy atom. The van der Waals surface area contributed by atoms with Gasteiger partial charge in [0.05, 0.1) is 0 Å². The molecule has 3 heteroatoms. The van der Waals surface area contributed by atoms with Crippen LogP contribution in [0.15, 0.2) is 22.7 Å². The van der Waals surface area contributed by atoms with Crippen molar-refractivity contribution in [3.05, 3.63) is 28.2 Å². The fourth-order valence-electron chi connectivity index (χ4n) is 1.50. The third-order valence-electron chi connectivity index (χ3n) is 2.46. The molecule has 1 unspecified atom stereocenters. The van der Waals surface area contributed by atoms with E-state index in [2.05, 4.69) is 41.2 Å². The molecule has 0 aliphatic rings. The molecule has 0 amide bonds. The van der Waals surface area contributed by atoms with Crippen molar-refractivity contribution in [3.63, 3.8) is 0 Å². The van der Waals surface area contributed by atoms with Gasteiger partial charge in [-0.3, -0.25) is 0 Å². The minimum Gasteiger partial charge on any atom is -0.396 e. The third kappa shape index (κ3) is 3.84. The van der Waals surface area contributed by atoms with Crippen LogP contribution in [0.2, 0.25) is 0 Å². The molecule has 0 heterocycles. The Kier molecular flexibility index (Phi) is 5.12. The molecule has 0 fully saturated rings. The number of nitrogens with one attached hydrogen (secondary N) is 1. The molecule has 0 bridgehead atoms. The summed E-state index contributed by atoms with van der Waals surface area (Å²) >= 11 is 3.51. The van der Waals surface area contributed by atoms with Crippen molar-refractivity contribution in [1.82, 2.24) is 0 Å². The maximum absolute atomic E-state index is 8.74. The normalized spacial score (nSPS) is 12.5. The van der Waals surface area contributed by atoms with Crippen molar-refractivity contribution in [1.29, 1.82) is 0 Å². The van der Waals surface area contributed by atoms with Gasteiger partial charge < -0.3 is 10.4 Å². The van der Waals surface area contributed by atoms with Crippen LogP contribution in [-0.2, 0) is 0 Å². The maximum Gasteiger partial charge on any atom is 0.0431 e. The molecule has 0 saturated carbocycles. The highest BCUT2D eigenvalue weighted by atomic mass is 79.9. The Hall–Kier alpha value is -0.540. The number of benzene rings is 1. The summed E-state index contributed by atoms with van der Waals surface area (Å²) in [6.07, 6.45) is 1.84. The van der Waals surface area contributed by atoms with Crippen LogP contribution in [-0.4, -0.2) is 17.8 Å².